The van der Waals surface area contributed by atoms with E-state index in [9.17, 15) is 9.59 Å². The molecule has 30 heavy (non-hydrogen) atoms. The lowest BCUT2D eigenvalue weighted by atomic mass is 9.75. The molecule has 3 rings (SSSR count). The maximum atomic E-state index is 13.6. The maximum absolute atomic E-state index is 13.6. The van der Waals surface area contributed by atoms with Crippen LogP contribution in [0.2, 0.25) is 0 Å². The molecule has 3 aromatic carbocycles. The van der Waals surface area contributed by atoms with Crippen molar-refractivity contribution in [3.8, 4) is 0 Å². The van der Waals surface area contributed by atoms with Gasteiger partial charge < -0.3 is 10.1 Å². The normalized spacial score (nSPS) is 12.1. The van der Waals surface area contributed by atoms with E-state index in [0.29, 0.717) is 6.42 Å². The molecule has 0 fully saturated rings. The maximum Gasteiger partial charge on any atom is 0.328 e. The molecule has 0 saturated carbocycles. The van der Waals surface area contributed by atoms with Gasteiger partial charge in [0.1, 0.15) is 6.04 Å². The number of hydrogen-bond donors (Lipinski definition) is 1. The number of esters is 1. The second kappa shape index (κ2) is 9.89. The molecule has 0 aliphatic rings. The summed E-state index contributed by atoms with van der Waals surface area (Å²) in [6.07, 6.45) is 0.356. The molecule has 4 nitrogen and oxygen atoms in total. The van der Waals surface area contributed by atoms with E-state index in [1.165, 1.54) is 7.11 Å². The molecule has 0 heterocycles. The van der Waals surface area contributed by atoms with E-state index in [1.54, 1.807) is 0 Å². The molecule has 0 aliphatic carbocycles. The van der Waals surface area contributed by atoms with Crippen molar-refractivity contribution < 1.29 is 14.3 Å². The largest absolute Gasteiger partial charge is 0.467 e. The topological polar surface area (TPSA) is 55.4 Å². The van der Waals surface area contributed by atoms with E-state index in [4.69, 9.17) is 4.74 Å². The SMILES string of the molecule is COC(=O)[C@@H](Cc1cccc(I)c1)NC(=O)C(C)(c1ccccc1)c1ccccc1. The summed E-state index contributed by atoms with van der Waals surface area (Å²) in [5, 5.41) is 2.96. The number of hydrogen-bond acceptors (Lipinski definition) is 3. The van der Waals surface area contributed by atoms with Crippen LogP contribution in [-0.2, 0) is 26.2 Å². The lowest BCUT2D eigenvalue weighted by Crippen LogP contribution is -2.51. The Balaban J connectivity index is 1.95. The zero-order chi connectivity index (χ0) is 21.6. The number of rotatable bonds is 7. The van der Waals surface area contributed by atoms with Gasteiger partial charge in [0.15, 0.2) is 0 Å². The molecule has 0 bridgehead atoms. The number of carbonyl (C=O) groups is 2. The fraction of sp³-hybridized carbons (Fsp3) is 0.200. The van der Waals surface area contributed by atoms with Crippen molar-refractivity contribution in [3.05, 3.63) is 105 Å². The molecule has 0 aliphatic heterocycles. The van der Waals surface area contributed by atoms with E-state index in [2.05, 4.69) is 27.9 Å². The lowest BCUT2D eigenvalue weighted by molar-refractivity contribution is -0.145. The van der Waals surface area contributed by atoms with Gasteiger partial charge in [-0.05, 0) is 58.3 Å². The first-order valence-corrected chi connectivity index (χ1v) is 10.8. The Labute approximate surface area is 190 Å². The summed E-state index contributed by atoms with van der Waals surface area (Å²) in [6.45, 7) is 1.88. The van der Waals surface area contributed by atoms with Crippen LogP contribution in [0, 0.1) is 3.57 Å². The van der Waals surface area contributed by atoms with Crippen molar-refractivity contribution in [2.24, 2.45) is 0 Å². The zero-order valence-corrected chi connectivity index (χ0v) is 19.1. The van der Waals surface area contributed by atoms with Crippen molar-refractivity contribution in [2.75, 3.05) is 7.11 Å². The summed E-state index contributed by atoms with van der Waals surface area (Å²) in [6, 6.07) is 26.3. The molecular weight excluding hydrogens is 489 g/mol. The van der Waals surface area contributed by atoms with E-state index < -0.39 is 17.4 Å². The van der Waals surface area contributed by atoms with Crippen LogP contribution in [0.4, 0.5) is 0 Å². The quantitative estimate of drug-likeness (QED) is 0.374. The summed E-state index contributed by atoms with van der Waals surface area (Å²) < 4.78 is 6.05. The average molecular weight is 513 g/mol. The van der Waals surface area contributed by atoms with Crippen LogP contribution in [-0.4, -0.2) is 25.0 Å². The summed E-state index contributed by atoms with van der Waals surface area (Å²) in [7, 11) is 1.34. The van der Waals surface area contributed by atoms with Crippen LogP contribution in [0.15, 0.2) is 84.9 Å². The van der Waals surface area contributed by atoms with Crippen LogP contribution in [0.5, 0.6) is 0 Å². The van der Waals surface area contributed by atoms with E-state index in [0.717, 1.165) is 20.3 Å². The van der Waals surface area contributed by atoms with Gasteiger partial charge in [-0.25, -0.2) is 4.79 Å². The van der Waals surface area contributed by atoms with E-state index in [-0.39, 0.29) is 5.91 Å². The van der Waals surface area contributed by atoms with Crippen molar-refractivity contribution in [1.82, 2.24) is 5.32 Å². The molecule has 0 radical (unpaired) electrons. The third kappa shape index (κ3) is 4.90. The van der Waals surface area contributed by atoms with Crippen LogP contribution >= 0.6 is 22.6 Å². The number of carbonyl (C=O) groups excluding carboxylic acids is 2. The fourth-order valence-electron chi connectivity index (χ4n) is 3.51. The van der Waals surface area contributed by atoms with Gasteiger partial charge in [0.05, 0.1) is 12.5 Å². The number of halogens is 1. The zero-order valence-electron chi connectivity index (χ0n) is 17.0. The van der Waals surface area contributed by atoms with Gasteiger partial charge >= 0.3 is 5.97 Å². The van der Waals surface area contributed by atoms with Crippen LogP contribution in [0.3, 0.4) is 0 Å². The number of benzene rings is 3. The van der Waals surface area contributed by atoms with Crippen molar-refractivity contribution in [3.63, 3.8) is 0 Å². The minimum Gasteiger partial charge on any atom is -0.467 e. The highest BCUT2D eigenvalue weighted by Crippen LogP contribution is 2.32. The smallest absolute Gasteiger partial charge is 0.328 e. The molecule has 1 amide bonds. The van der Waals surface area contributed by atoms with Crippen molar-refractivity contribution in [1.29, 1.82) is 0 Å². The summed E-state index contributed by atoms with van der Waals surface area (Å²) >= 11 is 2.23. The number of amides is 1. The van der Waals surface area contributed by atoms with Crippen LogP contribution < -0.4 is 5.32 Å². The molecule has 1 N–H and O–H groups in total. The molecule has 5 heteroatoms. The third-order valence-corrected chi connectivity index (χ3v) is 5.95. The van der Waals surface area contributed by atoms with Crippen LogP contribution in [0.1, 0.15) is 23.6 Å². The minimum atomic E-state index is -0.958. The number of nitrogens with one attached hydrogen (secondary N) is 1. The van der Waals surface area contributed by atoms with E-state index >= 15 is 0 Å². The predicted octanol–water partition coefficient (Wildman–Crippen LogP) is 4.50. The lowest BCUT2D eigenvalue weighted by Gasteiger charge is -2.31. The first kappa shape index (κ1) is 22.0. The van der Waals surface area contributed by atoms with Gasteiger partial charge in [0.25, 0.3) is 0 Å². The molecule has 154 valence electrons. The van der Waals surface area contributed by atoms with Crippen molar-refractivity contribution >= 4 is 34.5 Å². The Kier molecular flexibility index (Phi) is 7.26. The summed E-state index contributed by atoms with van der Waals surface area (Å²) in [5.41, 5.74) is 1.71. The highest BCUT2D eigenvalue weighted by molar-refractivity contribution is 14.1. The highest BCUT2D eigenvalue weighted by Gasteiger charge is 2.39. The fourth-order valence-corrected chi connectivity index (χ4v) is 4.12. The van der Waals surface area contributed by atoms with Gasteiger partial charge in [-0.3, -0.25) is 4.79 Å². The number of ether oxygens (including phenoxy) is 1. The highest BCUT2D eigenvalue weighted by atomic mass is 127. The van der Waals surface area contributed by atoms with Gasteiger partial charge in [-0.1, -0.05) is 72.8 Å². The summed E-state index contributed by atoms with van der Waals surface area (Å²) in [4.78, 5) is 26.1. The first-order chi connectivity index (χ1) is 14.4. The average Bonchev–Trinajstić information content (AvgIpc) is 2.78. The number of methoxy groups -OCH3 is 1. The van der Waals surface area contributed by atoms with Crippen molar-refractivity contribution in [2.45, 2.75) is 24.8 Å². The van der Waals surface area contributed by atoms with Gasteiger partial charge in [-0.15, -0.1) is 0 Å². The Hall–Kier alpha value is -2.67. The molecule has 0 saturated heterocycles. The first-order valence-electron chi connectivity index (χ1n) is 9.69. The predicted molar refractivity (Wildman–Crippen MR) is 126 cm³/mol. The van der Waals surface area contributed by atoms with Gasteiger partial charge in [-0.2, -0.15) is 0 Å². The standard InChI is InChI=1S/C25H24INO3/c1-25(19-11-5-3-6-12-19,20-13-7-4-8-14-20)24(29)27-22(23(28)30-2)17-18-10-9-15-21(26)16-18/h3-16,22H,17H2,1-2H3,(H,27,29)/t22-/m1/s1. The molecule has 1 atom stereocenters. The van der Waals surface area contributed by atoms with Gasteiger partial charge in [0, 0.05) is 9.99 Å². The Bertz CT molecular complexity index is 966. The third-order valence-electron chi connectivity index (χ3n) is 5.28. The second-order valence-corrected chi connectivity index (χ2v) is 8.49. The molecule has 0 spiro atoms. The molecule has 0 aromatic heterocycles. The van der Waals surface area contributed by atoms with Gasteiger partial charge in [0.2, 0.25) is 5.91 Å². The second-order valence-electron chi connectivity index (χ2n) is 7.24. The van der Waals surface area contributed by atoms with Crippen LogP contribution in [0.25, 0.3) is 0 Å². The van der Waals surface area contributed by atoms with E-state index in [1.807, 2.05) is 91.9 Å². The molecule has 3 aromatic rings. The summed E-state index contributed by atoms with van der Waals surface area (Å²) in [5.74, 6) is -0.716. The monoisotopic (exact) mass is 513 g/mol. The Morgan fingerprint density at radius 3 is 2.00 bits per heavy atom. The Morgan fingerprint density at radius 1 is 0.933 bits per heavy atom. The minimum absolute atomic E-state index is 0.249. The molecular formula is C25H24INO3. The Morgan fingerprint density at radius 2 is 1.50 bits per heavy atom. The molecule has 0 unspecified atom stereocenters.